The third kappa shape index (κ3) is 6.67. The number of nitrogens with one attached hydrogen (secondary N) is 1. The van der Waals surface area contributed by atoms with Crippen LogP contribution in [-0.2, 0) is 0 Å². The third-order valence-electron chi connectivity index (χ3n) is 3.02. The number of hydrogen-bond donors (Lipinski definition) is 2. The monoisotopic (exact) mass is 342 g/mol. The molecular weight excluding hydrogens is 316 g/mol. The van der Waals surface area contributed by atoms with Gasteiger partial charge in [-0.2, -0.15) is 0 Å². The molecule has 0 spiro atoms. The van der Waals surface area contributed by atoms with Crippen LogP contribution in [0.2, 0.25) is 5.02 Å². The van der Waals surface area contributed by atoms with Gasteiger partial charge in [0, 0.05) is 17.6 Å². The molecule has 1 rings (SSSR count). The zero-order valence-corrected chi connectivity index (χ0v) is 15.1. The Balaban J connectivity index is 2.95. The van der Waals surface area contributed by atoms with Gasteiger partial charge in [-0.1, -0.05) is 24.9 Å². The molecule has 0 aliphatic carbocycles. The molecule has 0 atom stereocenters. The predicted molar refractivity (Wildman–Crippen MR) is 93.6 cm³/mol. The summed E-state index contributed by atoms with van der Waals surface area (Å²) in [7, 11) is 0. The highest BCUT2D eigenvalue weighted by molar-refractivity contribution is 6.32. The minimum Gasteiger partial charge on any atom is -0.490 e. The molecule has 0 unspecified atom stereocenters. The van der Waals surface area contributed by atoms with Gasteiger partial charge in [0.05, 0.1) is 18.2 Å². The van der Waals surface area contributed by atoms with Crippen molar-refractivity contribution in [2.75, 3.05) is 19.8 Å². The van der Waals surface area contributed by atoms with E-state index in [0.717, 1.165) is 12.8 Å². The van der Waals surface area contributed by atoms with Crippen LogP contribution in [0.5, 0.6) is 11.5 Å². The normalized spacial score (nSPS) is 11.2. The number of hydrogen-bond acceptors (Lipinski definition) is 4. The van der Waals surface area contributed by atoms with Crippen molar-refractivity contribution >= 4 is 17.5 Å². The van der Waals surface area contributed by atoms with Crippen molar-refractivity contribution in [2.24, 2.45) is 5.73 Å². The molecule has 0 heterocycles. The summed E-state index contributed by atoms with van der Waals surface area (Å²) in [6.45, 7) is 9.02. The second kappa shape index (κ2) is 8.99. The number of ether oxygens (including phenoxy) is 2. The van der Waals surface area contributed by atoms with E-state index in [9.17, 15) is 4.79 Å². The summed E-state index contributed by atoms with van der Waals surface area (Å²) in [6, 6.07) is 3.24. The van der Waals surface area contributed by atoms with E-state index in [0.29, 0.717) is 41.8 Å². The average Bonchev–Trinajstić information content (AvgIpc) is 2.46. The Hall–Kier alpha value is -1.46. The van der Waals surface area contributed by atoms with Crippen LogP contribution in [0.1, 0.15) is 50.9 Å². The van der Waals surface area contributed by atoms with E-state index in [1.807, 2.05) is 20.8 Å². The number of halogens is 1. The summed E-state index contributed by atoms with van der Waals surface area (Å²) in [5, 5.41) is 3.15. The lowest BCUT2D eigenvalue weighted by molar-refractivity contribution is 0.0945. The van der Waals surface area contributed by atoms with Crippen LogP contribution in [0.25, 0.3) is 0 Å². The first-order chi connectivity index (χ1) is 10.8. The summed E-state index contributed by atoms with van der Waals surface area (Å²) in [4.78, 5) is 12.3. The molecule has 0 fully saturated rings. The van der Waals surface area contributed by atoms with E-state index in [4.69, 9.17) is 26.8 Å². The van der Waals surface area contributed by atoms with Crippen molar-refractivity contribution in [3.8, 4) is 11.5 Å². The van der Waals surface area contributed by atoms with E-state index in [1.54, 1.807) is 12.1 Å². The number of rotatable bonds is 9. The van der Waals surface area contributed by atoms with Gasteiger partial charge in [0.1, 0.15) is 0 Å². The first kappa shape index (κ1) is 19.6. The zero-order chi connectivity index (χ0) is 17.5. The molecule has 23 heavy (non-hydrogen) atoms. The Labute approximate surface area is 143 Å². The second-order valence-corrected chi connectivity index (χ2v) is 6.50. The Morgan fingerprint density at radius 3 is 2.57 bits per heavy atom. The van der Waals surface area contributed by atoms with Crippen LogP contribution in [0.15, 0.2) is 12.1 Å². The lowest BCUT2D eigenvalue weighted by atomic mass is 10.1. The van der Waals surface area contributed by atoms with Crippen molar-refractivity contribution < 1.29 is 14.3 Å². The maximum atomic E-state index is 12.3. The van der Waals surface area contributed by atoms with Gasteiger partial charge in [0.2, 0.25) is 0 Å². The van der Waals surface area contributed by atoms with E-state index in [2.05, 4.69) is 12.2 Å². The summed E-state index contributed by atoms with van der Waals surface area (Å²) in [6.07, 6.45) is 1.95. The van der Waals surface area contributed by atoms with Crippen LogP contribution in [0.3, 0.4) is 0 Å². The molecule has 0 aliphatic rings. The molecular formula is C17H27ClN2O3. The highest BCUT2D eigenvalue weighted by Crippen LogP contribution is 2.36. The molecule has 0 aliphatic heterocycles. The fourth-order valence-corrected chi connectivity index (χ4v) is 2.10. The van der Waals surface area contributed by atoms with E-state index in [-0.39, 0.29) is 5.91 Å². The Morgan fingerprint density at radius 2 is 2.00 bits per heavy atom. The quantitative estimate of drug-likeness (QED) is 0.675. The number of amides is 1. The predicted octanol–water partition coefficient (Wildman–Crippen LogP) is 3.38. The van der Waals surface area contributed by atoms with Gasteiger partial charge >= 0.3 is 0 Å². The van der Waals surface area contributed by atoms with Crippen LogP contribution >= 0.6 is 11.6 Å². The van der Waals surface area contributed by atoms with Crippen LogP contribution in [0.4, 0.5) is 0 Å². The average molecular weight is 343 g/mol. The summed E-state index contributed by atoms with van der Waals surface area (Å²) in [5.74, 6) is 0.720. The van der Waals surface area contributed by atoms with Crippen molar-refractivity contribution in [3.63, 3.8) is 0 Å². The first-order valence-corrected chi connectivity index (χ1v) is 8.32. The van der Waals surface area contributed by atoms with Gasteiger partial charge in [-0.15, -0.1) is 0 Å². The fraction of sp³-hybridized carbons (Fsp3) is 0.588. The Bertz CT molecular complexity index is 527. The molecule has 1 aromatic carbocycles. The fourth-order valence-electron chi connectivity index (χ4n) is 1.83. The molecule has 6 heteroatoms. The number of unbranched alkanes of at least 4 members (excludes halogenated alkanes) is 1. The van der Waals surface area contributed by atoms with E-state index < -0.39 is 5.54 Å². The zero-order valence-electron chi connectivity index (χ0n) is 14.4. The SMILES string of the molecule is CCCCOc1c(Cl)cc(C(=O)NCC(C)(C)N)cc1OCC. The molecule has 1 amide bonds. The maximum Gasteiger partial charge on any atom is 0.251 e. The highest BCUT2D eigenvalue weighted by atomic mass is 35.5. The lowest BCUT2D eigenvalue weighted by Crippen LogP contribution is -2.45. The minimum absolute atomic E-state index is 0.244. The van der Waals surface area contributed by atoms with Crippen molar-refractivity contribution in [1.82, 2.24) is 5.32 Å². The summed E-state index contributed by atoms with van der Waals surface area (Å²) in [5.41, 5.74) is 5.82. The topological polar surface area (TPSA) is 73.6 Å². The van der Waals surface area contributed by atoms with Gasteiger partial charge in [-0.05, 0) is 39.3 Å². The highest BCUT2D eigenvalue weighted by Gasteiger charge is 2.18. The molecule has 0 saturated heterocycles. The Kier molecular flexibility index (Phi) is 7.65. The molecule has 130 valence electrons. The largest absolute Gasteiger partial charge is 0.490 e. The van der Waals surface area contributed by atoms with Gasteiger partial charge in [-0.3, -0.25) is 4.79 Å². The maximum absolute atomic E-state index is 12.3. The molecule has 5 nitrogen and oxygen atoms in total. The second-order valence-electron chi connectivity index (χ2n) is 6.09. The summed E-state index contributed by atoms with van der Waals surface area (Å²) < 4.78 is 11.3. The lowest BCUT2D eigenvalue weighted by Gasteiger charge is -2.19. The summed E-state index contributed by atoms with van der Waals surface area (Å²) >= 11 is 6.27. The minimum atomic E-state index is -0.481. The molecule has 3 N–H and O–H groups in total. The van der Waals surface area contributed by atoms with Gasteiger partial charge < -0.3 is 20.5 Å². The Morgan fingerprint density at radius 1 is 1.30 bits per heavy atom. The number of nitrogens with two attached hydrogens (primary N) is 1. The first-order valence-electron chi connectivity index (χ1n) is 7.94. The molecule has 1 aromatic rings. The molecule has 0 aromatic heterocycles. The number of benzene rings is 1. The van der Waals surface area contributed by atoms with Crippen molar-refractivity contribution in [2.45, 2.75) is 46.1 Å². The van der Waals surface area contributed by atoms with Gasteiger partial charge in [0.25, 0.3) is 5.91 Å². The smallest absolute Gasteiger partial charge is 0.251 e. The van der Waals surface area contributed by atoms with E-state index in [1.165, 1.54) is 0 Å². The third-order valence-corrected chi connectivity index (χ3v) is 3.30. The van der Waals surface area contributed by atoms with Crippen molar-refractivity contribution in [3.05, 3.63) is 22.7 Å². The van der Waals surface area contributed by atoms with Gasteiger partial charge in [-0.25, -0.2) is 0 Å². The van der Waals surface area contributed by atoms with Crippen molar-refractivity contribution in [1.29, 1.82) is 0 Å². The van der Waals surface area contributed by atoms with Crippen LogP contribution < -0.4 is 20.5 Å². The molecule has 0 saturated carbocycles. The standard InChI is InChI=1S/C17H27ClN2O3/c1-5-7-8-23-15-13(18)9-12(10-14(15)22-6-2)16(21)20-11-17(3,4)19/h9-10H,5-8,11,19H2,1-4H3,(H,20,21). The van der Waals surface area contributed by atoms with Crippen LogP contribution in [-0.4, -0.2) is 31.2 Å². The van der Waals surface area contributed by atoms with Gasteiger partial charge in [0.15, 0.2) is 11.5 Å². The van der Waals surface area contributed by atoms with Crippen LogP contribution in [0, 0.1) is 0 Å². The van der Waals surface area contributed by atoms with E-state index >= 15 is 0 Å². The number of carbonyl (C=O) groups excluding carboxylic acids is 1. The number of carbonyl (C=O) groups is 1. The molecule has 0 bridgehead atoms. The molecule has 0 radical (unpaired) electrons.